The van der Waals surface area contributed by atoms with Gasteiger partial charge in [0.05, 0.1) is 4.90 Å². The molecule has 0 unspecified atom stereocenters. The third kappa shape index (κ3) is 5.46. The molecular weight excluding hydrogens is 358 g/mol. The summed E-state index contributed by atoms with van der Waals surface area (Å²) in [6.45, 7) is 8.58. The van der Waals surface area contributed by atoms with E-state index in [0.717, 1.165) is 11.1 Å². The van der Waals surface area contributed by atoms with Crippen LogP contribution in [0.2, 0.25) is 5.02 Å². The highest BCUT2D eigenvalue weighted by molar-refractivity contribution is 7.89. The minimum Gasteiger partial charge on any atom is -0.492 e. The Hall–Kier alpha value is -1.56. The maximum Gasteiger partial charge on any atom is 0.240 e. The first-order valence-corrected chi connectivity index (χ1v) is 9.95. The minimum absolute atomic E-state index is 0.0139. The molecule has 0 radical (unpaired) electrons. The number of aryl methyl sites for hydroxylation is 1. The summed E-state index contributed by atoms with van der Waals surface area (Å²) < 4.78 is 32.8. The normalized spacial score (nSPS) is 12.2. The van der Waals surface area contributed by atoms with Gasteiger partial charge in [-0.15, -0.1) is 0 Å². The largest absolute Gasteiger partial charge is 0.492 e. The first kappa shape index (κ1) is 19.8. The molecular formula is C19H24ClNO3S. The molecule has 0 aromatic heterocycles. The second kappa shape index (κ2) is 7.77. The van der Waals surface area contributed by atoms with Crippen molar-refractivity contribution in [2.75, 3.05) is 13.2 Å². The molecule has 0 heterocycles. The maximum absolute atomic E-state index is 12.3. The summed E-state index contributed by atoms with van der Waals surface area (Å²) in [5.41, 5.74) is 1.99. The van der Waals surface area contributed by atoms with Crippen LogP contribution in [0.3, 0.4) is 0 Å². The van der Waals surface area contributed by atoms with Gasteiger partial charge in [-0.05, 0) is 53.8 Å². The predicted molar refractivity (Wildman–Crippen MR) is 102 cm³/mol. The van der Waals surface area contributed by atoms with E-state index in [1.165, 1.54) is 0 Å². The number of benzene rings is 2. The van der Waals surface area contributed by atoms with Gasteiger partial charge in [0, 0.05) is 11.6 Å². The van der Waals surface area contributed by atoms with E-state index in [1.54, 1.807) is 30.3 Å². The van der Waals surface area contributed by atoms with Gasteiger partial charge in [-0.2, -0.15) is 0 Å². The molecule has 0 aliphatic heterocycles. The van der Waals surface area contributed by atoms with Gasteiger partial charge < -0.3 is 4.74 Å². The van der Waals surface area contributed by atoms with Crippen LogP contribution in [0.15, 0.2) is 47.4 Å². The Morgan fingerprint density at radius 3 is 2.28 bits per heavy atom. The highest BCUT2D eigenvalue weighted by atomic mass is 35.5. The van der Waals surface area contributed by atoms with Gasteiger partial charge >= 0.3 is 0 Å². The Bertz CT molecular complexity index is 825. The Labute approximate surface area is 155 Å². The first-order chi connectivity index (χ1) is 11.6. The van der Waals surface area contributed by atoms with E-state index in [2.05, 4.69) is 25.5 Å². The Balaban J connectivity index is 1.93. The third-order valence-corrected chi connectivity index (χ3v) is 5.53. The second-order valence-corrected chi connectivity index (χ2v) is 9.13. The molecule has 2 aromatic carbocycles. The molecule has 0 amide bonds. The topological polar surface area (TPSA) is 55.4 Å². The lowest BCUT2D eigenvalue weighted by atomic mass is 9.87. The average molecular weight is 382 g/mol. The molecule has 2 rings (SSSR count). The van der Waals surface area contributed by atoms with E-state index in [-0.39, 0.29) is 23.5 Å². The fraction of sp³-hybridized carbons (Fsp3) is 0.368. The van der Waals surface area contributed by atoms with Crippen LogP contribution in [-0.4, -0.2) is 21.6 Å². The molecule has 0 spiro atoms. The van der Waals surface area contributed by atoms with Crippen molar-refractivity contribution in [3.05, 3.63) is 58.6 Å². The molecule has 0 bridgehead atoms. The predicted octanol–water partition coefficient (Wildman–Crippen LogP) is 4.30. The summed E-state index contributed by atoms with van der Waals surface area (Å²) in [7, 11) is -3.54. The summed E-state index contributed by atoms with van der Waals surface area (Å²) in [6.07, 6.45) is 0. The number of halogens is 1. The van der Waals surface area contributed by atoms with Crippen molar-refractivity contribution in [2.45, 2.75) is 38.0 Å². The van der Waals surface area contributed by atoms with Crippen molar-refractivity contribution in [3.8, 4) is 5.75 Å². The van der Waals surface area contributed by atoms with Gasteiger partial charge in [-0.1, -0.05) is 44.5 Å². The number of hydrogen-bond donors (Lipinski definition) is 1. The summed E-state index contributed by atoms with van der Waals surface area (Å²) in [6, 6.07) is 12.3. The number of hydrogen-bond acceptors (Lipinski definition) is 3. The Morgan fingerprint density at radius 1 is 1.08 bits per heavy atom. The fourth-order valence-electron chi connectivity index (χ4n) is 2.33. The van der Waals surface area contributed by atoms with Crippen LogP contribution >= 0.6 is 11.6 Å². The van der Waals surface area contributed by atoms with E-state index in [4.69, 9.17) is 16.3 Å². The molecule has 25 heavy (non-hydrogen) atoms. The van der Waals surface area contributed by atoms with Crippen molar-refractivity contribution < 1.29 is 13.2 Å². The van der Waals surface area contributed by atoms with Crippen molar-refractivity contribution in [1.29, 1.82) is 0 Å². The molecule has 0 saturated carbocycles. The lowest BCUT2D eigenvalue weighted by molar-refractivity contribution is 0.320. The third-order valence-electron chi connectivity index (χ3n) is 3.82. The lowest BCUT2D eigenvalue weighted by Crippen LogP contribution is -2.28. The molecule has 6 heteroatoms. The highest BCUT2D eigenvalue weighted by Gasteiger charge is 2.17. The number of ether oxygens (including phenoxy) is 1. The van der Waals surface area contributed by atoms with Crippen molar-refractivity contribution in [3.63, 3.8) is 0 Å². The van der Waals surface area contributed by atoms with E-state index in [1.807, 2.05) is 19.1 Å². The van der Waals surface area contributed by atoms with Crippen LogP contribution in [-0.2, 0) is 15.4 Å². The second-order valence-electron chi connectivity index (χ2n) is 6.93. The van der Waals surface area contributed by atoms with Crippen LogP contribution in [0.4, 0.5) is 0 Å². The molecule has 136 valence electrons. The quantitative estimate of drug-likeness (QED) is 0.759. The van der Waals surface area contributed by atoms with Gasteiger partial charge in [0.15, 0.2) is 0 Å². The zero-order valence-corrected chi connectivity index (χ0v) is 16.5. The fourth-order valence-corrected chi connectivity index (χ4v) is 3.57. The van der Waals surface area contributed by atoms with E-state index in [9.17, 15) is 8.42 Å². The highest BCUT2D eigenvalue weighted by Crippen LogP contribution is 2.23. The summed E-state index contributed by atoms with van der Waals surface area (Å²) in [5, 5.41) is 0.643. The standard InChI is InChI=1S/C19H24ClNO3S/c1-14-13-16(20)7-10-18(14)24-12-11-21-25(22,23)17-8-5-15(6-9-17)19(2,3)4/h5-10,13,21H,11-12H2,1-4H3. The lowest BCUT2D eigenvalue weighted by Gasteiger charge is -2.19. The van der Waals surface area contributed by atoms with Crippen LogP contribution in [0, 0.1) is 6.92 Å². The zero-order valence-electron chi connectivity index (χ0n) is 15.0. The number of nitrogens with one attached hydrogen (secondary N) is 1. The Kier molecular flexibility index (Phi) is 6.14. The average Bonchev–Trinajstić information content (AvgIpc) is 2.52. The van der Waals surface area contributed by atoms with Crippen LogP contribution in [0.1, 0.15) is 31.9 Å². The van der Waals surface area contributed by atoms with Gasteiger partial charge in [-0.25, -0.2) is 13.1 Å². The zero-order chi connectivity index (χ0) is 18.7. The molecule has 4 nitrogen and oxygen atoms in total. The summed E-state index contributed by atoms with van der Waals surface area (Å²) >= 11 is 5.90. The van der Waals surface area contributed by atoms with E-state index >= 15 is 0 Å². The van der Waals surface area contributed by atoms with Gasteiger partial charge in [0.2, 0.25) is 10.0 Å². The SMILES string of the molecule is Cc1cc(Cl)ccc1OCCNS(=O)(=O)c1ccc(C(C)(C)C)cc1. The van der Waals surface area contributed by atoms with Gasteiger partial charge in [-0.3, -0.25) is 0 Å². The monoisotopic (exact) mass is 381 g/mol. The van der Waals surface area contributed by atoms with Crippen LogP contribution in [0.25, 0.3) is 0 Å². The van der Waals surface area contributed by atoms with Gasteiger partial charge in [0.1, 0.15) is 12.4 Å². The minimum atomic E-state index is -3.54. The summed E-state index contributed by atoms with van der Waals surface area (Å²) in [5.74, 6) is 0.693. The molecule has 0 aliphatic rings. The Morgan fingerprint density at radius 2 is 1.72 bits per heavy atom. The summed E-state index contributed by atoms with van der Waals surface area (Å²) in [4.78, 5) is 0.253. The smallest absolute Gasteiger partial charge is 0.240 e. The molecule has 2 aromatic rings. The van der Waals surface area contributed by atoms with Crippen molar-refractivity contribution in [1.82, 2.24) is 4.72 Å². The van der Waals surface area contributed by atoms with Crippen LogP contribution < -0.4 is 9.46 Å². The molecule has 0 atom stereocenters. The number of rotatable bonds is 6. The maximum atomic E-state index is 12.3. The van der Waals surface area contributed by atoms with E-state index in [0.29, 0.717) is 10.8 Å². The van der Waals surface area contributed by atoms with E-state index < -0.39 is 10.0 Å². The van der Waals surface area contributed by atoms with Crippen molar-refractivity contribution in [2.24, 2.45) is 0 Å². The van der Waals surface area contributed by atoms with Gasteiger partial charge in [0.25, 0.3) is 0 Å². The molecule has 0 aliphatic carbocycles. The number of sulfonamides is 1. The molecule has 1 N–H and O–H groups in total. The molecule has 0 saturated heterocycles. The van der Waals surface area contributed by atoms with Crippen molar-refractivity contribution >= 4 is 21.6 Å². The van der Waals surface area contributed by atoms with Crippen LogP contribution in [0.5, 0.6) is 5.75 Å². The first-order valence-electron chi connectivity index (χ1n) is 8.09. The molecule has 0 fully saturated rings.